The maximum Gasteiger partial charge on any atom is 0.254 e. The molecule has 1 atom stereocenters. The van der Waals surface area contributed by atoms with Crippen LogP contribution in [0.3, 0.4) is 0 Å². The van der Waals surface area contributed by atoms with E-state index in [1.807, 2.05) is 30.3 Å². The van der Waals surface area contributed by atoms with E-state index >= 15 is 0 Å². The van der Waals surface area contributed by atoms with Gasteiger partial charge < -0.3 is 10.1 Å². The predicted octanol–water partition coefficient (Wildman–Crippen LogP) is 3.05. The quantitative estimate of drug-likeness (QED) is 0.742. The first kappa shape index (κ1) is 17.1. The Balaban J connectivity index is 1.62. The highest BCUT2D eigenvalue weighted by atomic mass is 16.5. The minimum Gasteiger partial charge on any atom is -0.489 e. The molecule has 0 fully saturated rings. The third-order valence-corrected chi connectivity index (χ3v) is 3.71. The molecule has 1 aromatic heterocycles. The van der Waals surface area contributed by atoms with Crippen molar-refractivity contribution in [1.82, 2.24) is 15.5 Å². The number of carbonyl (C=O) groups excluding carboxylic acids is 1. The van der Waals surface area contributed by atoms with Gasteiger partial charge in [0.1, 0.15) is 18.4 Å². The van der Waals surface area contributed by atoms with E-state index in [1.165, 1.54) is 18.5 Å². The van der Waals surface area contributed by atoms with Gasteiger partial charge in [0.2, 0.25) is 0 Å². The van der Waals surface area contributed by atoms with Crippen molar-refractivity contribution in [3.8, 4) is 11.8 Å². The molecule has 26 heavy (non-hydrogen) atoms. The van der Waals surface area contributed by atoms with Crippen LogP contribution in [0.4, 0.5) is 0 Å². The van der Waals surface area contributed by atoms with Crippen molar-refractivity contribution >= 4 is 5.91 Å². The van der Waals surface area contributed by atoms with Crippen molar-refractivity contribution in [1.29, 1.82) is 5.26 Å². The average molecular weight is 344 g/mol. The van der Waals surface area contributed by atoms with E-state index in [1.54, 1.807) is 24.3 Å². The van der Waals surface area contributed by atoms with Gasteiger partial charge >= 0.3 is 0 Å². The van der Waals surface area contributed by atoms with Gasteiger partial charge in [-0.2, -0.15) is 15.5 Å². The van der Waals surface area contributed by atoms with Crippen molar-refractivity contribution in [2.45, 2.75) is 12.6 Å². The molecule has 0 bridgehead atoms. The summed E-state index contributed by atoms with van der Waals surface area (Å²) in [7, 11) is 0. The number of aromatic nitrogens is 2. The standard InChI is InChI=1S/C20H16N4O2/c21-12-19(24-20(25)17-10-11-22-23-13-17)16-6-8-18(9-7-16)26-14-15-4-2-1-3-5-15/h1-11,13,19H,14H2,(H,24,25). The van der Waals surface area contributed by atoms with E-state index in [0.717, 1.165) is 5.56 Å². The summed E-state index contributed by atoms with van der Waals surface area (Å²) in [5.41, 5.74) is 2.10. The first-order valence-electron chi connectivity index (χ1n) is 8.00. The maximum absolute atomic E-state index is 12.2. The zero-order valence-electron chi connectivity index (χ0n) is 13.9. The van der Waals surface area contributed by atoms with Crippen LogP contribution >= 0.6 is 0 Å². The van der Waals surface area contributed by atoms with Gasteiger partial charge in [0.05, 0.1) is 24.0 Å². The van der Waals surface area contributed by atoms with Crippen LogP contribution in [0.25, 0.3) is 0 Å². The number of rotatable bonds is 6. The van der Waals surface area contributed by atoms with E-state index in [-0.39, 0.29) is 5.91 Å². The van der Waals surface area contributed by atoms with Gasteiger partial charge in [-0.25, -0.2) is 0 Å². The van der Waals surface area contributed by atoms with Gasteiger partial charge in [-0.1, -0.05) is 42.5 Å². The summed E-state index contributed by atoms with van der Waals surface area (Å²) < 4.78 is 5.73. The van der Waals surface area contributed by atoms with E-state index < -0.39 is 6.04 Å². The second kappa shape index (κ2) is 8.40. The second-order valence-electron chi connectivity index (χ2n) is 5.51. The van der Waals surface area contributed by atoms with Crippen LogP contribution in [0.15, 0.2) is 73.1 Å². The molecule has 0 aliphatic rings. The molecule has 1 heterocycles. The molecule has 3 rings (SSSR count). The van der Waals surface area contributed by atoms with Crippen LogP contribution in [0.2, 0.25) is 0 Å². The Labute approximate surface area is 151 Å². The molecule has 0 radical (unpaired) electrons. The van der Waals surface area contributed by atoms with Crippen LogP contribution in [0.1, 0.15) is 27.5 Å². The first-order valence-corrected chi connectivity index (χ1v) is 8.00. The summed E-state index contributed by atoms with van der Waals surface area (Å²) in [5.74, 6) is 0.315. The van der Waals surface area contributed by atoms with Gasteiger partial charge in [-0.15, -0.1) is 0 Å². The van der Waals surface area contributed by atoms with Crippen LogP contribution in [0.5, 0.6) is 5.75 Å². The minimum atomic E-state index is -0.765. The maximum atomic E-state index is 12.2. The summed E-state index contributed by atoms with van der Waals surface area (Å²) in [5, 5.41) is 19.3. The monoisotopic (exact) mass is 344 g/mol. The van der Waals surface area contributed by atoms with E-state index in [9.17, 15) is 10.1 Å². The Kier molecular flexibility index (Phi) is 5.53. The molecular weight excluding hydrogens is 328 g/mol. The highest BCUT2D eigenvalue weighted by Crippen LogP contribution is 2.19. The van der Waals surface area contributed by atoms with Crippen LogP contribution < -0.4 is 10.1 Å². The average Bonchev–Trinajstić information content (AvgIpc) is 2.72. The minimum absolute atomic E-state index is 0.350. The Morgan fingerprint density at radius 1 is 1.08 bits per heavy atom. The van der Waals surface area contributed by atoms with Gasteiger partial charge in [-0.3, -0.25) is 4.79 Å². The number of nitrogens with zero attached hydrogens (tertiary/aromatic N) is 3. The lowest BCUT2D eigenvalue weighted by atomic mass is 10.1. The molecule has 1 amide bonds. The molecule has 0 spiro atoms. The third-order valence-electron chi connectivity index (χ3n) is 3.71. The van der Waals surface area contributed by atoms with Gasteiger partial charge in [0.25, 0.3) is 5.91 Å². The number of ether oxygens (including phenoxy) is 1. The van der Waals surface area contributed by atoms with Crippen molar-refractivity contribution in [2.75, 3.05) is 0 Å². The molecule has 1 unspecified atom stereocenters. The molecule has 128 valence electrons. The van der Waals surface area contributed by atoms with Crippen LogP contribution in [0, 0.1) is 11.3 Å². The number of benzene rings is 2. The molecule has 0 aliphatic heterocycles. The van der Waals surface area contributed by atoms with Crippen molar-refractivity contribution < 1.29 is 9.53 Å². The number of amides is 1. The smallest absolute Gasteiger partial charge is 0.254 e. The molecule has 3 aromatic rings. The summed E-state index contributed by atoms with van der Waals surface area (Å²) in [6.45, 7) is 0.466. The molecule has 6 heteroatoms. The molecule has 0 saturated carbocycles. The zero-order valence-corrected chi connectivity index (χ0v) is 13.9. The highest BCUT2D eigenvalue weighted by molar-refractivity contribution is 5.94. The normalized spacial score (nSPS) is 11.2. The van der Waals surface area contributed by atoms with Crippen LogP contribution in [-0.2, 0) is 6.61 Å². The predicted molar refractivity (Wildman–Crippen MR) is 95.1 cm³/mol. The number of nitriles is 1. The highest BCUT2D eigenvalue weighted by Gasteiger charge is 2.15. The lowest BCUT2D eigenvalue weighted by Gasteiger charge is -2.13. The number of hydrogen-bond donors (Lipinski definition) is 1. The number of carbonyl (C=O) groups is 1. The molecule has 1 N–H and O–H groups in total. The van der Waals surface area contributed by atoms with Crippen molar-refractivity contribution in [3.63, 3.8) is 0 Å². The number of hydrogen-bond acceptors (Lipinski definition) is 5. The van der Waals surface area contributed by atoms with E-state index in [4.69, 9.17) is 4.74 Å². The zero-order chi connectivity index (χ0) is 18.2. The topological polar surface area (TPSA) is 87.9 Å². The van der Waals surface area contributed by atoms with E-state index in [2.05, 4.69) is 21.6 Å². The Bertz CT molecular complexity index is 891. The van der Waals surface area contributed by atoms with Crippen LogP contribution in [-0.4, -0.2) is 16.1 Å². The fraction of sp³-hybridized carbons (Fsp3) is 0.100. The molecule has 0 saturated heterocycles. The fourth-order valence-electron chi connectivity index (χ4n) is 2.33. The van der Waals surface area contributed by atoms with Gasteiger partial charge in [-0.05, 0) is 29.3 Å². The fourth-order valence-corrected chi connectivity index (χ4v) is 2.33. The molecular formula is C20H16N4O2. The van der Waals surface area contributed by atoms with Gasteiger partial charge in [0, 0.05) is 0 Å². The first-order chi connectivity index (χ1) is 12.8. The molecule has 2 aromatic carbocycles. The lowest BCUT2D eigenvalue weighted by Crippen LogP contribution is -2.27. The molecule has 6 nitrogen and oxygen atoms in total. The largest absolute Gasteiger partial charge is 0.489 e. The van der Waals surface area contributed by atoms with Crippen molar-refractivity contribution in [2.24, 2.45) is 0 Å². The third kappa shape index (κ3) is 4.42. The van der Waals surface area contributed by atoms with Crippen molar-refractivity contribution in [3.05, 3.63) is 89.7 Å². The summed E-state index contributed by atoms with van der Waals surface area (Å²) in [6.07, 6.45) is 2.78. The SMILES string of the molecule is N#CC(NC(=O)c1ccnnc1)c1ccc(OCc2ccccc2)cc1. The lowest BCUT2D eigenvalue weighted by molar-refractivity contribution is 0.0944. The van der Waals surface area contributed by atoms with Gasteiger partial charge in [0.15, 0.2) is 0 Å². The number of nitrogens with one attached hydrogen (secondary N) is 1. The Morgan fingerprint density at radius 2 is 1.85 bits per heavy atom. The second-order valence-corrected chi connectivity index (χ2v) is 5.51. The summed E-state index contributed by atoms with van der Waals surface area (Å²) in [6, 6.07) is 19.8. The summed E-state index contributed by atoms with van der Waals surface area (Å²) in [4.78, 5) is 12.2. The summed E-state index contributed by atoms with van der Waals surface area (Å²) >= 11 is 0. The Hall–Kier alpha value is -3.72. The molecule has 0 aliphatic carbocycles. The Morgan fingerprint density at radius 3 is 2.50 bits per heavy atom. The van der Waals surface area contributed by atoms with E-state index in [0.29, 0.717) is 23.5 Å².